The third kappa shape index (κ3) is 8.05. The lowest BCUT2D eigenvalue weighted by atomic mass is 10.0. The second-order valence-corrected chi connectivity index (χ2v) is 6.31. The minimum Gasteiger partial charge on any atom is -0.314 e. The third-order valence-corrected chi connectivity index (χ3v) is 3.49. The predicted molar refractivity (Wildman–Crippen MR) is 85.7 cm³/mol. The Bertz CT molecular complexity index is 324. The molecule has 0 amide bonds. The van der Waals surface area contributed by atoms with Gasteiger partial charge in [-0.1, -0.05) is 64.8 Å². The monoisotopic (exact) mass is 261 g/mol. The van der Waals surface area contributed by atoms with Crippen LogP contribution in [0.15, 0.2) is 24.3 Å². The molecule has 0 aliphatic carbocycles. The highest BCUT2D eigenvalue weighted by atomic mass is 14.9. The maximum atomic E-state index is 3.46. The van der Waals surface area contributed by atoms with E-state index in [2.05, 4.69) is 57.3 Å². The van der Waals surface area contributed by atoms with Crippen LogP contribution in [0.3, 0.4) is 0 Å². The van der Waals surface area contributed by atoms with Crippen LogP contribution in [0.1, 0.15) is 58.1 Å². The molecule has 1 rings (SSSR count). The van der Waals surface area contributed by atoms with Crippen LogP contribution in [-0.4, -0.2) is 12.6 Å². The Hall–Kier alpha value is -0.820. The minimum absolute atomic E-state index is 0.584. The molecular formula is C18H31N. The van der Waals surface area contributed by atoms with Crippen molar-refractivity contribution in [3.8, 4) is 0 Å². The molecule has 0 aliphatic heterocycles. The van der Waals surface area contributed by atoms with Crippen molar-refractivity contribution in [1.29, 1.82) is 0 Å². The summed E-state index contributed by atoms with van der Waals surface area (Å²) in [4.78, 5) is 0. The highest BCUT2D eigenvalue weighted by molar-refractivity contribution is 5.22. The standard InChI is InChI=1S/C18H31N/c1-15(2)7-5-6-8-17-9-11-18(12-10-17)13-14-19-16(3)4/h9-12,15-16,19H,5-8,13-14H2,1-4H3. The van der Waals surface area contributed by atoms with Crippen LogP contribution in [0.4, 0.5) is 0 Å². The first-order valence-electron chi connectivity index (χ1n) is 7.89. The number of unbranched alkanes of at least 4 members (excludes halogenated alkanes) is 1. The second kappa shape index (κ2) is 9.14. The van der Waals surface area contributed by atoms with Gasteiger partial charge in [-0.3, -0.25) is 0 Å². The van der Waals surface area contributed by atoms with Crippen LogP contribution < -0.4 is 5.32 Å². The van der Waals surface area contributed by atoms with Crippen molar-refractivity contribution in [3.05, 3.63) is 35.4 Å². The van der Waals surface area contributed by atoms with E-state index in [9.17, 15) is 0 Å². The first-order chi connectivity index (χ1) is 9.08. The maximum Gasteiger partial charge on any atom is 0.00105 e. The molecule has 1 heteroatoms. The van der Waals surface area contributed by atoms with Crippen LogP contribution in [0.5, 0.6) is 0 Å². The van der Waals surface area contributed by atoms with Gasteiger partial charge in [0.25, 0.3) is 0 Å². The molecule has 0 radical (unpaired) electrons. The van der Waals surface area contributed by atoms with E-state index in [4.69, 9.17) is 0 Å². The van der Waals surface area contributed by atoms with E-state index >= 15 is 0 Å². The zero-order valence-electron chi connectivity index (χ0n) is 13.2. The molecule has 0 fully saturated rings. The Morgan fingerprint density at radius 3 is 1.95 bits per heavy atom. The van der Waals surface area contributed by atoms with E-state index in [0.29, 0.717) is 6.04 Å². The summed E-state index contributed by atoms with van der Waals surface area (Å²) < 4.78 is 0. The van der Waals surface area contributed by atoms with Gasteiger partial charge in [0.15, 0.2) is 0 Å². The van der Waals surface area contributed by atoms with Crippen molar-refractivity contribution in [3.63, 3.8) is 0 Å². The lowest BCUT2D eigenvalue weighted by molar-refractivity contribution is 0.538. The molecule has 0 atom stereocenters. The quantitative estimate of drug-likeness (QED) is 0.641. The molecule has 19 heavy (non-hydrogen) atoms. The van der Waals surface area contributed by atoms with Crippen molar-refractivity contribution >= 4 is 0 Å². The van der Waals surface area contributed by atoms with E-state index in [-0.39, 0.29) is 0 Å². The van der Waals surface area contributed by atoms with Gasteiger partial charge in [-0.25, -0.2) is 0 Å². The van der Waals surface area contributed by atoms with E-state index in [0.717, 1.165) is 18.9 Å². The largest absolute Gasteiger partial charge is 0.314 e. The molecule has 0 spiro atoms. The Labute approximate surface area is 119 Å². The van der Waals surface area contributed by atoms with E-state index < -0.39 is 0 Å². The van der Waals surface area contributed by atoms with Crippen molar-refractivity contribution < 1.29 is 0 Å². The topological polar surface area (TPSA) is 12.0 Å². The van der Waals surface area contributed by atoms with Gasteiger partial charge in [-0.05, 0) is 42.9 Å². The fourth-order valence-electron chi connectivity index (χ4n) is 2.26. The zero-order chi connectivity index (χ0) is 14.1. The Morgan fingerprint density at radius 1 is 0.842 bits per heavy atom. The zero-order valence-corrected chi connectivity index (χ0v) is 13.2. The van der Waals surface area contributed by atoms with Crippen LogP contribution in [0, 0.1) is 5.92 Å². The molecule has 0 heterocycles. The second-order valence-electron chi connectivity index (χ2n) is 6.31. The summed E-state index contributed by atoms with van der Waals surface area (Å²) in [7, 11) is 0. The number of hydrogen-bond donors (Lipinski definition) is 1. The first kappa shape index (κ1) is 16.2. The van der Waals surface area contributed by atoms with Crippen LogP contribution in [0.2, 0.25) is 0 Å². The van der Waals surface area contributed by atoms with Crippen molar-refractivity contribution in [2.45, 2.75) is 65.8 Å². The highest BCUT2D eigenvalue weighted by Crippen LogP contribution is 2.12. The fraction of sp³-hybridized carbons (Fsp3) is 0.667. The van der Waals surface area contributed by atoms with Gasteiger partial charge in [0, 0.05) is 6.04 Å². The SMILES string of the molecule is CC(C)CCCCc1ccc(CCNC(C)C)cc1. The number of rotatable bonds is 9. The van der Waals surface area contributed by atoms with E-state index in [1.165, 1.54) is 36.8 Å². The summed E-state index contributed by atoms with van der Waals surface area (Å²) in [5, 5.41) is 3.46. The molecule has 108 valence electrons. The summed E-state index contributed by atoms with van der Waals surface area (Å²) in [6.07, 6.45) is 6.41. The molecule has 1 aromatic carbocycles. The van der Waals surface area contributed by atoms with E-state index in [1.807, 2.05) is 0 Å². The maximum absolute atomic E-state index is 3.46. The summed E-state index contributed by atoms with van der Waals surface area (Å²) in [5.41, 5.74) is 2.93. The van der Waals surface area contributed by atoms with Crippen molar-refractivity contribution in [1.82, 2.24) is 5.32 Å². The van der Waals surface area contributed by atoms with Crippen molar-refractivity contribution in [2.75, 3.05) is 6.54 Å². The fourth-order valence-corrected chi connectivity index (χ4v) is 2.26. The summed E-state index contributed by atoms with van der Waals surface area (Å²) in [5.74, 6) is 0.843. The molecule has 1 nitrogen and oxygen atoms in total. The van der Waals surface area contributed by atoms with Crippen LogP contribution >= 0.6 is 0 Å². The van der Waals surface area contributed by atoms with Gasteiger partial charge in [-0.2, -0.15) is 0 Å². The molecule has 1 N–H and O–H groups in total. The van der Waals surface area contributed by atoms with Gasteiger partial charge in [0.05, 0.1) is 0 Å². The van der Waals surface area contributed by atoms with Gasteiger partial charge in [0.1, 0.15) is 0 Å². The number of aryl methyl sites for hydroxylation is 1. The normalized spacial score (nSPS) is 11.5. The Balaban J connectivity index is 2.23. The molecule has 0 saturated carbocycles. The lowest BCUT2D eigenvalue weighted by Crippen LogP contribution is -2.24. The van der Waals surface area contributed by atoms with Crippen molar-refractivity contribution in [2.24, 2.45) is 5.92 Å². The number of hydrogen-bond acceptors (Lipinski definition) is 1. The number of benzene rings is 1. The summed E-state index contributed by atoms with van der Waals surface area (Å²) in [6.45, 7) is 10.1. The van der Waals surface area contributed by atoms with Gasteiger partial charge in [0.2, 0.25) is 0 Å². The molecule has 0 aromatic heterocycles. The average molecular weight is 261 g/mol. The first-order valence-corrected chi connectivity index (χ1v) is 7.89. The summed E-state index contributed by atoms with van der Waals surface area (Å²) in [6, 6.07) is 9.78. The number of nitrogens with one attached hydrogen (secondary N) is 1. The lowest BCUT2D eigenvalue weighted by Gasteiger charge is -2.08. The highest BCUT2D eigenvalue weighted by Gasteiger charge is 1.98. The Kier molecular flexibility index (Phi) is 7.81. The van der Waals surface area contributed by atoms with E-state index in [1.54, 1.807) is 0 Å². The minimum atomic E-state index is 0.584. The molecule has 0 aliphatic rings. The van der Waals surface area contributed by atoms with Crippen LogP contribution in [0.25, 0.3) is 0 Å². The molecular weight excluding hydrogens is 230 g/mol. The molecule has 0 unspecified atom stereocenters. The predicted octanol–water partition coefficient (Wildman–Crippen LogP) is 4.60. The summed E-state index contributed by atoms with van der Waals surface area (Å²) >= 11 is 0. The average Bonchev–Trinajstić information content (AvgIpc) is 2.36. The Morgan fingerprint density at radius 2 is 1.42 bits per heavy atom. The molecule has 0 saturated heterocycles. The van der Waals surface area contributed by atoms with Gasteiger partial charge < -0.3 is 5.32 Å². The van der Waals surface area contributed by atoms with Crippen LogP contribution in [-0.2, 0) is 12.8 Å². The molecule has 1 aromatic rings. The van der Waals surface area contributed by atoms with Gasteiger partial charge >= 0.3 is 0 Å². The molecule has 0 bridgehead atoms. The third-order valence-electron chi connectivity index (χ3n) is 3.49. The van der Waals surface area contributed by atoms with Gasteiger partial charge in [-0.15, -0.1) is 0 Å². The smallest absolute Gasteiger partial charge is 0.00105 e.